The molecule has 0 radical (unpaired) electrons. The molecule has 1 aliphatic carbocycles. The second-order valence-electron chi connectivity index (χ2n) is 4.14. The van der Waals surface area contributed by atoms with Gasteiger partial charge in [0.1, 0.15) is 5.69 Å². The highest BCUT2D eigenvalue weighted by molar-refractivity contribution is 5.95. The zero-order chi connectivity index (χ0) is 10.4. The summed E-state index contributed by atoms with van der Waals surface area (Å²) in [6.45, 7) is 1.49. The normalized spacial score (nSPS) is 20.3. The van der Waals surface area contributed by atoms with Crippen LogP contribution >= 0.6 is 0 Å². The van der Waals surface area contributed by atoms with E-state index in [0.29, 0.717) is 17.4 Å². The van der Waals surface area contributed by atoms with Crippen LogP contribution in [0.1, 0.15) is 33.8 Å². The number of carbonyl (C=O) groups is 2. The van der Waals surface area contributed by atoms with Crippen molar-refractivity contribution in [2.24, 2.45) is 0 Å². The maximum Gasteiger partial charge on any atom is 0.270 e. The molecule has 4 heteroatoms. The van der Waals surface area contributed by atoms with Crippen LogP contribution in [0.5, 0.6) is 0 Å². The lowest BCUT2D eigenvalue weighted by Crippen LogP contribution is -2.41. The van der Waals surface area contributed by atoms with E-state index in [2.05, 4.69) is 0 Å². The van der Waals surface area contributed by atoms with Crippen molar-refractivity contribution in [2.75, 3.05) is 6.54 Å². The minimum Gasteiger partial charge on any atom is -0.333 e. The summed E-state index contributed by atoms with van der Waals surface area (Å²) >= 11 is 0. The van der Waals surface area contributed by atoms with E-state index in [4.69, 9.17) is 0 Å². The van der Waals surface area contributed by atoms with Crippen LogP contribution in [0.3, 0.4) is 0 Å². The summed E-state index contributed by atoms with van der Waals surface area (Å²) in [5.41, 5.74) is 1.27. The Kier molecular flexibility index (Phi) is 1.71. The fraction of sp³-hybridized carbons (Fsp3) is 0.455. The third-order valence-corrected chi connectivity index (χ3v) is 3.17. The summed E-state index contributed by atoms with van der Waals surface area (Å²) in [4.78, 5) is 24.7. The molecule has 0 unspecified atom stereocenters. The van der Waals surface area contributed by atoms with E-state index < -0.39 is 0 Å². The monoisotopic (exact) mass is 204 g/mol. The number of amides is 1. The molecule has 2 heterocycles. The molecule has 1 saturated carbocycles. The SMILES string of the molecule is O=Cc1ccc2n1CCN(C1CC1)C2=O. The summed E-state index contributed by atoms with van der Waals surface area (Å²) in [6, 6.07) is 3.93. The number of hydrogen-bond donors (Lipinski definition) is 0. The number of aldehydes is 1. The van der Waals surface area contributed by atoms with Gasteiger partial charge in [0.2, 0.25) is 0 Å². The van der Waals surface area contributed by atoms with Crippen LogP contribution in [0.4, 0.5) is 0 Å². The first kappa shape index (κ1) is 8.71. The van der Waals surface area contributed by atoms with Crippen LogP contribution < -0.4 is 0 Å². The lowest BCUT2D eigenvalue weighted by Gasteiger charge is -2.28. The van der Waals surface area contributed by atoms with Crippen molar-refractivity contribution in [3.8, 4) is 0 Å². The van der Waals surface area contributed by atoms with Gasteiger partial charge < -0.3 is 9.47 Å². The van der Waals surface area contributed by atoms with Crippen LogP contribution in [0, 0.1) is 0 Å². The molecule has 0 atom stereocenters. The standard InChI is InChI=1S/C11H12N2O2/c14-7-9-3-4-10-11(15)13(8-1-2-8)6-5-12(9)10/h3-4,7-8H,1-2,5-6H2. The number of aromatic nitrogens is 1. The molecule has 1 aromatic rings. The molecule has 2 aliphatic rings. The van der Waals surface area contributed by atoms with Crippen molar-refractivity contribution in [3.05, 3.63) is 23.5 Å². The van der Waals surface area contributed by atoms with Crippen LogP contribution in [-0.2, 0) is 6.54 Å². The predicted molar refractivity (Wildman–Crippen MR) is 53.9 cm³/mol. The molecule has 0 saturated heterocycles. The average molecular weight is 204 g/mol. The maximum atomic E-state index is 12.0. The lowest BCUT2D eigenvalue weighted by atomic mass is 10.3. The Bertz CT molecular complexity index is 432. The highest BCUT2D eigenvalue weighted by Gasteiger charge is 2.36. The van der Waals surface area contributed by atoms with Crippen LogP contribution in [0.2, 0.25) is 0 Å². The molecule has 0 bridgehead atoms. The van der Waals surface area contributed by atoms with Gasteiger partial charge in [-0.25, -0.2) is 0 Å². The minimum absolute atomic E-state index is 0.0804. The molecule has 1 aliphatic heterocycles. The molecule has 1 fully saturated rings. The van der Waals surface area contributed by atoms with Crippen molar-refractivity contribution >= 4 is 12.2 Å². The number of carbonyl (C=O) groups excluding carboxylic acids is 2. The Morgan fingerprint density at radius 3 is 2.73 bits per heavy atom. The number of fused-ring (bicyclic) bond motifs is 1. The summed E-state index contributed by atoms with van der Waals surface area (Å²) in [5.74, 6) is 0.0804. The summed E-state index contributed by atoms with van der Waals surface area (Å²) < 4.78 is 1.81. The molecular formula is C11H12N2O2. The van der Waals surface area contributed by atoms with Crippen molar-refractivity contribution in [3.63, 3.8) is 0 Å². The molecular weight excluding hydrogens is 192 g/mol. The Morgan fingerprint density at radius 1 is 1.27 bits per heavy atom. The van der Waals surface area contributed by atoms with E-state index in [9.17, 15) is 9.59 Å². The highest BCUT2D eigenvalue weighted by atomic mass is 16.2. The number of hydrogen-bond acceptors (Lipinski definition) is 2. The fourth-order valence-electron chi connectivity index (χ4n) is 2.21. The van der Waals surface area contributed by atoms with Crippen LogP contribution in [0.25, 0.3) is 0 Å². The van der Waals surface area contributed by atoms with Gasteiger partial charge in [0.15, 0.2) is 6.29 Å². The topological polar surface area (TPSA) is 42.3 Å². The van der Waals surface area contributed by atoms with E-state index >= 15 is 0 Å². The smallest absolute Gasteiger partial charge is 0.270 e. The van der Waals surface area contributed by atoms with Crippen molar-refractivity contribution in [1.29, 1.82) is 0 Å². The van der Waals surface area contributed by atoms with Gasteiger partial charge in [-0.1, -0.05) is 0 Å². The lowest BCUT2D eigenvalue weighted by molar-refractivity contribution is 0.0690. The van der Waals surface area contributed by atoms with Crippen molar-refractivity contribution < 1.29 is 9.59 Å². The van der Waals surface area contributed by atoms with Gasteiger partial charge in [0.25, 0.3) is 5.91 Å². The molecule has 1 amide bonds. The first-order chi connectivity index (χ1) is 7.31. The van der Waals surface area contributed by atoms with Gasteiger partial charge in [0.05, 0.1) is 5.69 Å². The van der Waals surface area contributed by atoms with Crippen molar-refractivity contribution in [1.82, 2.24) is 9.47 Å². The Hall–Kier alpha value is -1.58. The molecule has 3 rings (SSSR count). The maximum absolute atomic E-state index is 12.0. The zero-order valence-electron chi connectivity index (χ0n) is 8.35. The molecule has 0 aromatic carbocycles. The van der Waals surface area contributed by atoms with Gasteiger partial charge in [-0.2, -0.15) is 0 Å². The zero-order valence-corrected chi connectivity index (χ0v) is 8.35. The Balaban J connectivity index is 1.99. The van der Waals surface area contributed by atoms with Gasteiger partial charge >= 0.3 is 0 Å². The van der Waals surface area contributed by atoms with Gasteiger partial charge in [0, 0.05) is 19.1 Å². The van der Waals surface area contributed by atoms with E-state index in [0.717, 1.165) is 32.2 Å². The van der Waals surface area contributed by atoms with E-state index in [1.807, 2.05) is 9.47 Å². The predicted octanol–water partition coefficient (Wildman–Crippen LogP) is 0.919. The van der Waals surface area contributed by atoms with E-state index in [1.165, 1.54) is 0 Å². The fourth-order valence-corrected chi connectivity index (χ4v) is 2.21. The Labute approximate surface area is 87.5 Å². The largest absolute Gasteiger partial charge is 0.333 e. The van der Waals surface area contributed by atoms with Gasteiger partial charge in [-0.3, -0.25) is 9.59 Å². The molecule has 15 heavy (non-hydrogen) atoms. The van der Waals surface area contributed by atoms with Gasteiger partial charge in [-0.15, -0.1) is 0 Å². The summed E-state index contributed by atoms with van der Waals surface area (Å²) in [5, 5.41) is 0. The second kappa shape index (κ2) is 2.95. The van der Waals surface area contributed by atoms with E-state index in [-0.39, 0.29) is 5.91 Å². The molecule has 1 aromatic heterocycles. The number of nitrogens with zero attached hydrogens (tertiary/aromatic N) is 2. The average Bonchev–Trinajstić information content (AvgIpc) is 2.98. The molecule has 0 spiro atoms. The highest BCUT2D eigenvalue weighted by Crippen LogP contribution is 2.30. The van der Waals surface area contributed by atoms with Gasteiger partial charge in [-0.05, 0) is 25.0 Å². The first-order valence-electron chi connectivity index (χ1n) is 5.27. The summed E-state index contributed by atoms with van der Waals surface area (Å²) in [6.07, 6.45) is 3.07. The van der Waals surface area contributed by atoms with Crippen LogP contribution in [0.15, 0.2) is 12.1 Å². The number of rotatable bonds is 2. The Morgan fingerprint density at radius 2 is 2.07 bits per heavy atom. The van der Waals surface area contributed by atoms with E-state index in [1.54, 1.807) is 12.1 Å². The first-order valence-corrected chi connectivity index (χ1v) is 5.27. The molecule has 78 valence electrons. The molecule has 0 N–H and O–H groups in total. The molecule has 4 nitrogen and oxygen atoms in total. The third-order valence-electron chi connectivity index (χ3n) is 3.17. The second-order valence-corrected chi connectivity index (χ2v) is 4.14. The van der Waals surface area contributed by atoms with Crippen LogP contribution in [-0.4, -0.2) is 34.2 Å². The quantitative estimate of drug-likeness (QED) is 0.672. The third kappa shape index (κ3) is 1.21. The minimum atomic E-state index is 0.0804. The summed E-state index contributed by atoms with van der Waals surface area (Å²) in [7, 11) is 0. The van der Waals surface area contributed by atoms with Crippen molar-refractivity contribution in [2.45, 2.75) is 25.4 Å².